The van der Waals surface area contributed by atoms with Crippen molar-refractivity contribution >= 4 is 22.4 Å². The number of hydrogen-bond donors (Lipinski definition) is 0. The molecule has 2 aliphatic rings. The van der Waals surface area contributed by atoms with Crippen LogP contribution in [0.5, 0.6) is 5.75 Å². The van der Waals surface area contributed by atoms with Gasteiger partial charge in [0.15, 0.2) is 5.13 Å². The van der Waals surface area contributed by atoms with Crippen LogP contribution in [0.25, 0.3) is 0 Å². The Hall–Kier alpha value is -2.16. The van der Waals surface area contributed by atoms with Crippen molar-refractivity contribution < 1.29 is 14.3 Å². The fraction of sp³-hybridized carbons (Fsp3) is 0.524. The van der Waals surface area contributed by atoms with Crippen molar-refractivity contribution in [3.8, 4) is 5.75 Å². The standard InChI is InChI=1S/C21H28N4O3S/c1-27-19-4-2-17(3-5-19)14-20(26)24-6-8-25(9-7-24)21-22-18(16-29-21)15-23-10-12-28-13-11-23/h2-5,16H,6-15H2,1H3. The Morgan fingerprint density at radius 3 is 2.52 bits per heavy atom. The van der Waals surface area contributed by atoms with Crippen molar-refractivity contribution in [1.29, 1.82) is 0 Å². The first-order chi connectivity index (χ1) is 14.2. The van der Waals surface area contributed by atoms with E-state index >= 15 is 0 Å². The van der Waals surface area contributed by atoms with E-state index in [9.17, 15) is 4.79 Å². The molecule has 0 aliphatic carbocycles. The Morgan fingerprint density at radius 1 is 1.10 bits per heavy atom. The van der Waals surface area contributed by atoms with Crippen molar-refractivity contribution in [2.75, 3.05) is 64.5 Å². The summed E-state index contributed by atoms with van der Waals surface area (Å²) in [6.45, 7) is 7.61. The third-order valence-electron chi connectivity index (χ3n) is 5.45. The molecular weight excluding hydrogens is 388 g/mol. The summed E-state index contributed by atoms with van der Waals surface area (Å²) in [5.41, 5.74) is 2.15. The molecule has 0 bridgehead atoms. The van der Waals surface area contributed by atoms with E-state index in [2.05, 4.69) is 15.2 Å². The van der Waals surface area contributed by atoms with Gasteiger partial charge in [-0.25, -0.2) is 4.98 Å². The molecule has 2 aliphatic heterocycles. The Bertz CT molecular complexity index is 797. The number of methoxy groups -OCH3 is 1. The molecule has 2 saturated heterocycles. The fourth-order valence-electron chi connectivity index (χ4n) is 3.68. The first-order valence-electron chi connectivity index (χ1n) is 10.1. The minimum atomic E-state index is 0.182. The predicted octanol–water partition coefficient (Wildman–Crippen LogP) is 1.88. The normalized spacial score (nSPS) is 18.1. The van der Waals surface area contributed by atoms with Crippen LogP contribution < -0.4 is 9.64 Å². The van der Waals surface area contributed by atoms with Crippen LogP contribution in [0.15, 0.2) is 29.6 Å². The third kappa shape index (κ3) is 5.26. The highest BCUT2D eigenvalue weighted by atomic mass is 32.1. The summed E-state index contributed by atoms with van der Waals surface area (Å²) in [7, 11) is 1.65. The van der Waals surface area contributed by atoms with Crippen molar-refractivity contribution in [1.82, 2.24) is 14.8 Å². The van der Waals surface area contributed by atoms with Crippen LogP contribution >= 0.6 is 11.3 Å². The lowest BCUT2D eigenvalue weighted by atomic mass is 10.1. The van der Waals surface area contributed by atoms with Crippen LogP contribution in [0.3, 0.4) is 0 Å². The third-order valence-corrected chi connectivity index (χ3v) is 6.40. The maximum Gasteiger partial charge on any atom is 0.227 e. The van der Waals surface area contributed by atoms with Gasteiger partial charge in [0.2, 0.25) is 5.91 Å². The summed E-state index contributed by atoms with van der Waals surface area (Å²) in [6.07, 6.45) is 0.435. The lowest BCUT2D eigenvalue weighted by molar-refractivity contribution is -0.130. The van der Waals surface area contributed by atoms with E-state index in [1.807, 2.05) is 29.2 Å². The summed E-state index contributed by atoms with van der Waals surface area (Å²) in [6, 6.07) is 7.71. The molecule has 156 valence electrons. The topological polar surface area (TPSA) is 58.1 Å². The zero-order valence-corrected chi connectivity index (χ0v) is 17.7. The molecule has 0 unspecified atom stereocenters. The molecule has 3 heterocycles. The highest BCUT2D eigenvalue weighted by Gasteiger charge is 2.23. The van der Waals surface area contributed by atoms with Gasteiger partial charge in [0.25, 0.3) is 0 Å². The second kappa shape index (κ2) is 9.56. The Kier molecular flexibility index (Phi) is 6.63. The molecule has 0 atom stereocenters. The van der Waals surface area contributed by atoms with Crippen LogP contribution in [0.1, 0.15) is 11.3 Å². The van der Waals surface area contributed by atoms with E-state index in [4.69, 9.17) is 14.5 Å². The van der Waals surface area contributed by atoms with Gasteiger partial charge in [-0.2, -0.15) is 0 Å². The number of rotatable bonds is 6. The van der Waals surface area contributed by atoms with Crippen molar-refractivity contribution in [3.63, 3.8) is 0 Å². The molecule has 0 saturated carbocycles. The molecule has 8 heteroatoms. The average Bonchev–Trinajstić information content (AvgIpc) is 3.23. The summed E-state index contributed by atoms with van der Waals surface area (Å²) < 4.78 is 10.6. The fourth-order valence-corrected chi connectivity index (χ4v) is 4.55. The summed E-state index contributed by atoms with van der Waals surface area (Å²) in [5.74, 6) is 0.994. The van der Waals surface area contributed by atoms with Crippen LogP contribution in [0.2, 0.25) is 0 Å². The summed E-state index contributed by atoms with van der Waals surface area (Å²) in [5, 5.41) is 3.22. The monoisotopic (exact) mass is 416 g/mol. The highest BCUT2D eigenvalue weighted by Crippen LogP contribution is 2.23. The number of nitrogens with zero attached hydrogens (tertiary/aromatic N) is 4. The molecule has 1 aromatic carbocycles. The lowest BCUT2D eigenvalue weighted by Gasteiger charge is -2.34. The molecule has 2 fully saturated rings. The highest BCUT2D eigenvalue weighted by molar-refractivity contribution is 7.13. The second-order valence-electron chi connectivity index (χ2n) is 7.40. The number of ether oxygens (including phenoxy) is 2. The second-order valence-corrected chi connectivity index (χ2v) is 8.24. The van der Waals surface area contributed by atoms with E-state index in [1.54, 1.807) is 18.4 Å². The van der Waals surface area contributed by atoms with Crippen molar-refractivity contribution in [3.05, 3.63) is 40.9 Å². The number of aromatic nitrogens is 1. The first-order valence-corrected chi connectivity index (χ1v) is 11.0. The largest absolute Gasteiger partial charge is 0.497 e. The summed E-state index contributed by atoms with van der Waals surface area (Å²) >= 11 is 1.70. The molecule has 1 aromatic heterocycles. The van der Waals surface area contributed by atoms with Gasteiger partial charge in [0, 0.05) is 51.2 Å². The van der Waals surface area contributed by atoms with Gasteiger partial charge in [-0.1, -0.05) is 12.1 Å². The Labute approximate surface area is 175 Å². The zero-order valence-electron chi connectivity index (χ0n) is 16.9. The van der Waals surface area contributed by atoms with E-state index in [-0.39, 0.29) is 5.91 Å². The van der Waals surface area contributed by atoms with Gasteiger partial charge in [-0.3, -0.25) is 9.69 Å². The Morgan fingerprint density at radius 2 is 1.83 bits per heavy atom. The van der Waals surface area contributed by atoms with E-state index < -0.39 is 0 Å². The van der Waals surface area contributed by atoms with Crippen LogP contribution in [-0.2, 0) is 22.5 Å². The van der Waals surface area contributed by atoms with Gasteiger partial charge in [0.05, 0.1) is 32.4 Å². The molecule has 4 rings (SSSR count). The molecule has 0 N–H and O–H groups in total. The SMILES string of the molecule is COc1ccc(CC(=O)N2CCN(c3nc(CN4CCOCC4)cs3)CC2)cc1. The number of morpholine rings is 1. The number of benzene rings is 1. The zero-order chi connectivity index (χ0) is 20.1. The number of carbonyl (C=O) groups excluding carboxylic acids is 1. The van der Waals surface area contributed by atoms with Crippen LogP contribution in [0.4, 0.5) is 5.13 Å². The van der Waals surface area contributed by atoms with E-state index in [1.165, 1.54) is 0 Å². The molecule has 29 heavy (non-hydrogen) atoms. The number of piperazine rings is 1. The number of anilines is 1. The van der Waals surface area contributed by atoms with Crippen molar-refractivity contribution in [2.45, 2.75) is 13.0 Å². The van der Waals surface area contributed by atoms with Gasteiger partial charge in [-0.05, 0) is 17.7 Å². The minimum Gasteiger partial charge on any atom is -0.497 e. The summed E-state index contributed by atoms with van der Waals surface area (Å²) in [4.78, 5) is 24.1. The van der Waals surface area contributed by atoms with Crippen LogP contribution in [0, 0.1) is 0 Å². The van der Waals surface area contributed by atoms with Crippen LogP contribution in [-0.4, -0.2) is 80.3 Å². The maximum atomic E-state index is 12.6. The van der Waals surface area contributed by atoms with E-state index in [0.29, 0.717) is 6.42 Å². The van der Waals surface area contributed by atoms with Gasteiger partial charge < -0.3 is 19.3 Å². The first kappa shape index (κ1) is 20.1. The Balaban J connectivity index is 1.26. The lowest BCUT2D eigenvalue weighted by Crippen LogP contribution is -2.49. The maximum absolute atomic E-state index is 12.6. The van der Waals surface area contributed by atoms with E-state index in [0.717, 1.165) is 81.2 Å². The number of thiazole rings is 1. The molecule has 2 aromatic rings. The smallest absolute Gasteiger partial charge is 0.227 e. The molecule has 1 amide bonds. The van der Waals surface area contributed by atoms with Gasteiger partial charge >= 0.3 is 0 Å². The molecule has 7 nitrogen and oxygen atoms in total. The number of hydrogen-bond acceptors (Lipinski definition) is 7. The molecule has 0 spiro atoms. The van der Waals surface area contributed by atoms with Gasteiger partial charge in [-0.15, -0.1) is 11.3 Å². The number of amides is 1. The molecule has 0 radical (unpaired) electrons. The van der Waals surface area contributed by atoms with Gasteiger partial charge in [0.1, 0.15) is 5.75 Å². The molecular formula is C21H28N4O3S. The average molecular weight is 417 g/mol. The minimum absolute atomic E-state index is 0.182. The number of carbonyl (C=O) groups is 1. The quantitative estimate of drug-likeness (QED) is 0.717. The van der Waals surface area contributed by atoms with Crippen molar-refractivity contribution in [2.24, 2.45) is 0 Å². The predicted molar refractivity (Wildman–Crippen MR) is 114 cm³/mol.